The van der Waals surface area contributed by atoms with Crippen molar-refractivity contribution in [2.45, 2.75) is 30.6 Å². The lowest BCUT2D eigenvalue weighted by atomic mass is 10.2. The van der Waals surface area contributed by atoms with Crippen LogP contribution in [0.15, 0.2) is 64.4 Å². The molecule has 0 spiro atoms. The molecule has 2 aromatic rings. The van der Waals surface area contributed by atoms with E-state index in [0.29, 0.717) is 11.4 Å². The first-order chi connectivity index (χ1) is 15.2. The smallest absolute Gasteiger partial charge is 0.265 e. The summed E-state index contributed by atoms with van der Waals surface area (Å²) in [5.74, 6) is -0.251. The van der Waals surface area contributed by atoms with Gasteiger partial charge in [0.1, 0.15) is 6.54 Å². The summed E-state index contributed by atoms with van der Waals surface area (Å²) in [5, 5.41) is 3.01. The highest BCUT2D eigenvalue weighted by atomic mass is 32.2. The predicted molar refractivity (Wildman–Crippen MR) is 127 cm³/mol. The van der Waals surface area contributed by atoms with E-state index < -0.39 is 0 Å². The number of nitrogens with one attached hydrogen (secondary N) is 1. The Balaban J connectivity index is 1.42. The second-order valence-corrected chi connectivity index (χ2v) is 9.07. The average Bonchev–Trinajstić information content (AvgIpc) is 3.06. The van der Waals surface area contributed by atoms with Crippen LogP contribution < -0.4 is 10.2 Å². The molecule has 0 atom stereocenters. The molecule has 0 bridgehead atoms. The highest BCUT2D eigenvalue weighted by molar-refractivity contribution is 8.04. The van der Waals surface area contributed by atoms with Gasteiger partial charge in [0.25, 0.3) is 5.91 Å². The van der Waals surface area contributed by atoms with Crippen LogP contribution >= 0.6 is 11.8 Å². The summed E-state index contributed by atoms with van der Waals surface area (Å²) >= 11 is 1.46. The Morgan fingerprint density at radius 2 is 1.68 bits per heavy atom. The zero-order valence-corrected chi connectivity index (χ0v) is 18.6. The lowest BCUT2D eigenvalue weighted by molar-refractivity contribution is -0.122. The topological polar surface area (TPSA) is 52.7 Å². The van der Waals surface area contributed by atoms with Gasteiger partial charge in [0.05, 0.1) is 10.6 Å². The number of thioether (sulfide) groups is 1. The first kappa shape index (κ1) is 21.7. The summed E-state index contributed by atoms with van der Waals surface area (Å²) in [6.07, 6.45) is 6.97. The number of hydrogen-bond donors (Lipinski definition) is 1. The SMILES string of the molecule is O=C(CN1C(=O)/C(=C/c2ccccc2)Sc2ccccc21)NCCN1CCCCCC1. The fourth-order valence-electron chi connectivity index (χ4n) is 4.03. The van der Waals surface area contributed by atoms with E-state index in [1.165, 1.54) is 37.4 Å². The molecule has 2 aliphatic heterocycles. The van der Waals surface area contributed by atoms with Crippen LogP contribution in [-0.4, -0.2) is 49.4 Å². The molecule has 2 aliphatic rings. The minimum atomic E-state index is -0.129. The predicted octanol–water partition coefficient (Wildman–Crippen LogP) is 4.16. The standard InChI is InChI=1S/C25H29N3O2S/c29-24(26-14-17-27-15-8-1-2-9-16-27)19-28-21-12-6-7-13-22(21)31-23(25(28)30)18-20-10-4-3-5-11-20/h3-7,10-13,18H,1-2,8-9,14-17,19H2,(H,26,29)/b23-18-. The summed E-state index contributed by atoms with van der Waals surface area (Å²) in [7, 11) is 0. The number of carbonyl (C=O) groups is 2. The van der Waals surface area contributed by atoms with Crippen molar-refractivity contribution in [3.63, 3.8) is 0 Å². The van der Waals surface area contributed by atoms with Crippen LogP contribution in [0.5, 0.6) is 0 Å². The first-order valence-corrected chi connectivity index (χ1v) is 11.9. The number of hydrogen-bond acceptors (Lipinski definition) is 4. The van der Waals surface area contributed by atoms with E-state index in [0.717, 1.165) is 35.8 Å². The van der Waals surface area contributed by atoms with Crippen molar-refractivity contribution < 1.29 is 9.59 Å². The number of carbonyl (C=O) groups excluding carboxylic acids is 2. The molecular formula is C25H29N3O2S. The molecule has 6 heteroatoms. The van der Waals surface area contributed by atoms with E-state index in [1.54, 1.807) is 4.90 Å². The summed E-state index contributed by atoms with van der Waals surface area (Å²) in [5.41, 5.74) is 1.77. The molecular weight excluding hydrogens is 406 g/mol. The Morgan fingerprint density at radius 3 is 2.45 bits per heavy atom. The molecule has 0 aromatic heterocycles. The monoisotopic (exact) mass is 435 g/mol. The Bertz CT molecular complexity index is 937. The maximum absolute atomic E-state index is 13.2. The van der Waals surface area contributed by atoms with Gasteiger partial charge in [-0.15, -0.1) is 0 Å². The quantitative estimate of drug-likeness (QED) is 0.693. The maximum atomic E-state index is 13.2. The molecule has 2 amide bonds. The second-order valence-electron chi connectivity index (χ2n) is 7.99. The van der Waals surface area contributed by atoms with Crippen LogP contribution in [-0.2, 0) is 9.59 Å². The lowest BCUT2D eigenvalue weighted by Gasteiger charge is -2.30. The van der Waals surface area contributed by atoms with Gasteiger partial charge in [-0.3, -0.25) is 14.5 Å². The summed E-state index contributed by atoms with van der Waals surface area (Å²) in [6, 6.07) is 17.6. The van der Waals surface area contributed by atoms with Crippen molar-refractivity contribution >= 4 is 35.3 Å². The number of rotatable bonds is 6. The molecule has 2 aromatic carbocycles. The minimum Gasteiger partial charge on any atom is -0.353 e. The van der Waals surface area contributed by atoms with Crippen LogP contribution in [0.4, 0.5) is 5.69 Å². The van der Waals surface area contributed by atoms with Gasteiger partial charge in [0, 0.05) is 18.0 Å². The number of likely N-dealkylation sites (tertiary alicyclic amines) is 1. The third-order valence-corrected chi connectivity index (χ3v) is 6.76. The zero-order chi connectivity index (χ0) is 21.5. The van der Waals surface area contributed by atoms with Gasteiger partial charge in [-0.05, 0) is 49.7 Å². The van der Waals surface area contributed by atoms with Gasteiger partial charge in [0.2, 0.25) is 5.91 Å². The summed E-state index contributed by atoms with van der Waals surface area (Å²) in [6.45, 7) is 3.73. The third-order valence-electron chi connectivity index (χ3n) is 5.68. The van der Waals surface area contributed by atoms with Crippen LogP contribution in [0.3, 0.4) is 0 Å². The van der Waals surface area contributed by atoms with Gasteiger partial charge in [-0.25, -0.2) is 0 Å². The Kier molecular flexibility index (Phi) is 7.43. The fourth-order valence-corrected chi connectivity index (χ4v) is 5.09. The molecule has 0 saturated carbocycles. The molecule has 1 N–H and O–H groups in total. The van der Waals surface area contributed by atoms with Crippen molar-refractivity contribution in [3.05, 3.63) is 65.1 Å². The average molecular weight is 436 g/mol. The van der Waals surface area contributed by atoms with Crippen LogP contribution in [0, 0.1) is 0 Å². The van der Waals surface area contributed by atoms with Crippen molar-refractivity contribution in [2.24, 2.45) is 0 Å². The van der Waals surface area contributed by atoms with E-state index in [-0.39, 0.29) is 18.4 Å². The van der Waals surface area contributed by atoms with E-state index in [4.69, 9.17) is 0 Å². The number of amides is 2. The molecule has 2 heterocycles. The van der Waals surface area contributed by atoms with E-state index >= 15 is 0 Å². The maximum Gasteiger partial charge on any atom is 0.265 e. The molecule has 31 heavy (non-hydrogen) atoms. The fraction of sp³-hybridized carbons (Fsp3) is 0.360. The number of anilines is 1. The minimum absolute atomic E-state index is 0.0303. The van der Waals surface area contributed by atoms with Gasteiger partial charge in [-0.1, -0.05) is 67.1 Å². The third kappa shape index (κ3) is 5.77. The molecule has 4 rings (SSSR count). The Labute approximate surface area is 188 Å². The molecule has 0 radical (unpaired) electrons. The first-order valence-electron chi connectivity index (χ1n) is 11.1. The number of benzene rings is 2. The molecule has 0 unspecified atom stereocenters. The van der Waals surface area contributed by atoms with Crippen molar-refractivity contribution in [3.8, 4) is 0 Å². The van der Waals surface area contributed by atoms with Crippen molar-refractivity contribution in [1.82, 2.24) is 10.2 Å². The number of nitrogens with zero attached hydrogens (tertiary/aromatic N) is 2. The molecule has 1 fully saturated rings. The summed E-state index contributed by atoms with van der Waals surface area (Å²) < 4.78 is 0. The molecule has 162 valence electrons. The molecule has 5 nitrogen and oxygen atoms in total. The van der Waals surface area contributed by atoms with E-state index in [9.17, 15) is 9.59 Å². The largest absolute Gasteiger partial charge is 0.353 e. The normalized spacial score (nSPS) is 18.5. The van der Waals surface area contributed by atoms with Crippen molar-refractivity contribution in [1.29, 1.82) is 0 Å². The van der Waals surface area contributed by atoms with Crippen LogP contribution in [0.2, 0.25) is 0 Å². The summed E-state index contributed by atoms with van der Waals surface area (Å²) in [4.78, 5) is 31.6. The highest BCUT2D eigenvalue weighted by Crippen LogP contribution is 2.41. The van der Waals surface area contributed by atoms with Gasteiger partial charge >= 0.3 is 0 Å². The Hall–Kier alpha value is -2.57. The van der Waals surface area contributed by atoms with Crippen molar-refractivity contribution in [2.75, 3.05) is 37.6 Å². The molecule has 1 saturated heterocycles. The molecule has 0 aliphatic carbocycles. The number of para-hydroxylation sites is 1. The highest BCUT2D eigenvalue weighted by Gasteiger charge is 2.30. The second kappa shape index (κ2) is 10.6. The van der Waals surface area contributed by atoms with Gasteiger partial charge < -0.3 is 10.2 Å². The lowest BCUT2D eigenvalue weighted by Crippen LogP contribution is -2.44. The van der Waals surface area contributed by atoms with E-state index in [2.05, 4.69) is 10.2 Å². The van der Waals surface area contributed by atoms with Gasteiger partial charge in [-0.2, -0.15) is 0 Å². The number of fused-ring (bicyclic) bond motifs is 1. The Morgan fingerprint density at radius 1 is 0.968 bits per heavy atom. The van der Waals surface area contributed by atoms with Gasteiger partial charge in [0.15, 0.2) is 0 Å². The van der Waals surface area contributed by atoms with E-state index in [1.807, 2.05) is 60.7 Å². The van der Waals surface area contributed by atoms with Crippen LogP contribution in [0.25, 0.3) is 6.08 Å². The zero-order valence-electron chi connectivity index (χ0n) is 17.8. The van der Waals surface area contributed by atoms with Crippen LogP contribution in [0.1, 0.15) is 31.2 Å².